The summed E-state index contributed by atoms with van der Waals surface area (Å²) in [6.45, 7) is 2.65. The lowest BCUT2D eigenvalue weighted by Crippen LogP contribution is -2.07. The molecule has 0 bridgehead atoms. The minimum absolute atomic E-state index is 0.204. The van der Waals surface area contributed by atoms with Gasteiger partial charge in [0.05, 0.1) is 13.7 Å². The summed E-state index contributed by atoms with van der Waals surface area (Å²) in [4.78, 5) is 11.6. The highest BCUT2D eigenvalue weighted by Gasteiger charge is 2.13. The van der Waals surface area contributed by atoms with Crippen LogP contribution in [0.5, 0.6) is 11.5 Å². The van der Waals surface area contributed by atoms with E-state index in [4.69, 9.17) is 14.2 Å². The largest absolute Gasteiger partial charge is 0.493 e. The van der Waals surface area contributed by atoms with Crippen LogP contribution in [0.25, 0.3) is 0 Å². The van der Waals surface area contributed by atoms with Crippen molar-refractivity contribution in [1.29, 1.82) is 0 Å². The fourth-order valence-electron chi connectivity index (χ4n) is 2.28. The molecule has 4 heteroatoms. The van der Waals surface area contributed by atoms with E-state index in [0.29, 0.717) is 37.6 Å². The second kappa shape index (κ2) is 8.83. The summed E-state index contributed by atoms with van der Waals surface area (Å²) in [5, 5.41) is 0. The van der Waals surface area contributed by atoms with Crippen LogP contribution in [0.1, 0.15) is 24.5 Å². The molecular formula is C19H22O4. The maximum Gasteiger partial charge on any atom is 0.306 e. The van der Waals surface area contributed by atoms with Crippen LogP contribution in [-0.2, 0) is 22.6 Å². The molecule has 0 atom stereocenters. The molecule has 2 aromatic carbocycles. The number of benzene rings is 2. The molecule has 122 valence electrons. The van der Waals surface area contributed by atoms with Crippen molar-refractivity contribution in [3.63, 3.8) is 0 Å². The molecule has 0 saturated heterocycles. The molecule has 0 heterocycles. The van der Waals surface area contributed by atoms with Crippen LogP contribution >= 0.6 is 0 Å². The Labute approximate surface area is 137 Å². The van der Waals surface area contributed by atoms with Gasteiger partial charge in [0.25, 0.3) is 0 Å². The lowest BCUT2D eigenvalue weighted by molar-refractivity contribution is -0.143. The van der Waals surface area contributed by atoms with E-state index < -0.39 is 0 Å². The number of aryl methyl sites for hydroxylation is 1. The molecule has 0 amide bonds. The predicted octanol–water partition coefficient (Wildman–Crippen LogP) is 3.77. The number of esters is 1. The van der Waals surface area contributed by atoms with E-state index in [1.807, 2.05) is 48.5 Å². The Morgan fingerprint density at radius 3 is 2.52 bits per heavy atom. The average Bonchev–Trinajstić information content (AvgIpc) is 2.59. The summed E-state index contributed by atoms with van der Waals surface area (Å²) in [5.41, 5.74) is 2.02. The molecule has 2 rings (SSSR count). The van der Waals surface area contributed by atoms with E-state index in [1.54, 1.807) is 14.0 Å². The maximum atomic E-state index is 11.6. The standard InChI is InChI=1S/C19H22O4/c1-3-22-18(20)13-12-16-10-7-11-17(21-2)19(16)23-14-15-8-5-4-6-9-15/h4-11H,3,12-14H2,1-2H3. The zero-order valence-corrected chi connectivity index (χ0v) is 13.6. The Hall–Kier alpha value is -2.49. The van der Waals surface area contributed by atoms with Crippen molar-refractivity contribution >= 4 is 5.97 Å². The lowest BCUT2D eigenvalue weighted by Gasteiger charge is -2.15. The summed E-state index contributed by atoms with van der Waals surface area (Å²) < 4.78 is 16.3. The summed E-state index contributed by atoms with van der Waals surface area (Å²) in [6, 6.07) is 15.6. The van der Waals surface area contributed by atoms with Gasteiger partial charge in [-0.2, -0.15) is 0 Å². The van der Waals surface area contributed by atoms with E-state index in [0.717, 1.165) is 11.1 Å². The number of methoxy groups -OCH3 is 1. The van der Waals surface area contributed by atoms with Gasteiger partial charge in [-0.15, -0.1) is 0 Å². The lowest BCUT2D eigenvalue weighted by atomic mass is 10.1. The first-order valence-electron chi connectivity index (χ1n) is 7.72. The van der Waals surface area contributed by atoms with Crippen molar-refractivity contribution in [1.82, 2.24) is 0 Å². The van der Waals surface area contributed by atoms with Crippen molar-refractivity contribution in [3.8, 4) is 11.5 Å². The number of hydrogen-bond donors (Lipinski definition) is 0. The number of carbonyl (C=O) groups is 1. The third kappa shape index (κ3) is 5.02. The van der Waals surface area contributed by atoms with Gasteiger partial charge in [-0.05, 0) is 30.5 Å². The fourth-order valence-corrected chi connectivity index (χ4v) is 2.28. The molecule has 4 nitrogen and oxygen atoms in total. The van der Waals surface area contributed by atoms with Gasteiger partial charge in [-0.3, -0.25) is 4.79 Å². The summed E-state index contributed by atoms with van der Waals surface area (Å²) >= 11 is 0. The van der Waals surface area contributed by atoms with E-state index in [9.17, 15) is 4.79 Å². The van der Waals surface area contributed by atoms with Gasteiger partial charge in [0.1, 0.15) is 6.61 Å². The zero-order valence-electron chi connectivity index (χ0n) is 13.6. The Bertz CT molecular complexity index is 623. The number of hydrogen-bond acceptors (Lipinski definition) is 4. The number of rotatable bonds is 8. The van der Waals surface area contributed by atoms with E-state index in [1.165, 1.54) is 0 Å². The van der Waals surface area contributed by atoms with E-state index >= 15 is 0 Å². The van der Waals surface area contributed by atoms with Crippen molar-refractivity contribution in [3.05, 3.63) is 59.7 Å². The molecule has 0 aliphatic heterocycles. The first-order valence-corrected chi connectivity index (χ1v) is 7.72. The molecule has 0 aliphatic carbocycles. The van der Waals surface area contributed by atoms with Gasteiger partial charge < -0.3 is 14.2 Å². The van der Waals surface area contributed by atoms with E-state index in [2.05, 4.69) is 0 Å². The van der Waals surface area contributed by atoms with Gasteiger partial charge in [0.2, 0.25) is 0 Å². The van der Waals surface area contributed by atoms with Gasteiger partial charge in [-0.1, -0.05) is 42.5 Å². The normalized spacial score (nSPS) is 10.2. The second-order valence-corrected chi connectivity index (χ2v) is 5.03. The van der Waals surface area contributed by atoms with Gasteiger partial charge in [-0.25, -0.2) is 0 Å². The highest BCUT2D eigenvalue weighted by atomic mass is 16.5. The third-order valence-electron chi connectivity index (χ3n) is 3.41. The first kappa shape index (κ1) is 16.9. The molecular weight excluding hydrogens is 292 g/mol. The van der Waals surface area contributed by atoms with Crippen LogP contribution in [0.3, 0.4) is 0 Å². The third-order valence-corrected chi connectivity index (χ3v) is 3.41. The topological polar surface area (TPSA) is 44.8 Å². The molecule has 2 aromatic rings. The van der Waals surface area contributed by atoms with Crippen LogP contribution in [0.2, 0.25) is 0 Å². The Morgan fingerprint density at radius 2 is 1.83 bits per heavy atom. The highest BCUT2D eigenvalue weighted by Crippen LogP contribution is 2.32. The molecule has 0 aromatic heterocycles. The summed E-state index contributed by atoms with van der Waals surface area (Å²) in [5.74, 6) is 1.15. The molecule has 0 unspecified atom stereocenters. The van der Waals surface area contributed by atoms with Crippen molar-refractivity contribution in [2.45, 2.75) is 26.4 Å². The van der Waals surface area contributed by atoms with Gasteiger partial charge in [0, 0.05) is 6.42 Å². The smallest absolute Gasteiger partial charge is 0.306 e. The van der Waals surface area contributed by atoms with Crippen LogP contribution < -0.4 is 9.47 Å². The number of para-hydroxylation sites is 1. The quantitative estimate of drug-likeness (QED) is 0.696. The Morgan fingerprint density at radius 1 is 1.04 bits per heavy atom. The minimum Gasteiger partial charge on any atom is -0.493 e. The van der Waals surface area contributed by atoms with Crippen LogP contribution in [-0.4, -0.2) is 19.7 Å². The van der Waals surface area contributed by atoms with Crippen LogP contribution in [0.15, 0.2) is 48.5 Å². The Balaban J connectivity index is 2.10. The van der Waals surface area contributed by atoms with E-state index in [-0.39, 0.29) is 5.97 Å². The first-order chi connectivity index (χ1) is 11.2. The summed E-state index contributed by atoms with van der Waals surface area (Å²) in [6.07, 6.45) is 0.878. The molecule has 0 radical (unpaired) electrons. The predicted molar refractivity (Wildman–Crippen MR) is 88.7 cm³/mol. The fraction of sp³-hybridized carbons (Fsp3) is 0.316. The highest BCUT2D eigenvalue weighted by molar-refractivity contribution is 5.70. The Kier molecular flexibility index (Phi) is 6.48. The van der Waals surface area contributed by atoms with Crippen molar-refractivity contribution < 1.29 is 19.0 Å². The van der Waals surface area contributed by atoms with Gasteiger partial charge in [0.15, 0.2) is 11.5 Å². The van der Waals surface area contributed by atoms with Gasteiger partial charge >= 0.3 is 5.97 Å². The monoisotopic (exact) mass is 314 g/mol. The van der Waals surface area contributed by atoms with Crippen LogP contribution in [0, 0.1) is 0 Å². The molecule has 0 saturated carbocycles. The minimum atomic E-state index is -0.204. The number of carbonyl (C=O) groups excluding carboxylic acids is 1. The van der Waals surface area contributed by atoms with Crippen LogP contribution in [0.4, 0.5) is 0 Å². The maximum absolute atomic E-state index is 11.6. The van der Waals surface area contributed by atoms with Crippen molar-refractivity contribution in [2.24, 2.45) is 0 Å². The average molecular weight is 314 g/mol. The molecule has 23 heavy (non-hydrogen) atoms. The molecule has 0 aliphatic rings. The van der Waals surface area contributed by atoms with Crippen molar-refractivity contribution in [2.75, 3.05) is 13.7 Å². The summed E-state index contributed by atoms with van der Waals surface area (Å²) in [7, 11) is 1.61. The molecule has 0 spiro atoms. The second-order valence-electron chi connectivity index (χ2n) is 5.03. The molecule has 0 N–H and O–H groups in total. The molecule has 0 fully saturated rings. The number of ether oxygens (including phenoxy) is 3. The SMILES string of the molecule is CCOC(=O)CCc1cccc(OC)c1OCc1ccccc1. The zero-order chi connectivity index (χ0) is 16.5.